The molecule has 0 aliphatic carbocycles. The van der Waals surface area contributed by atoms with Gasteiger partial charge in [-0.25, -0.2) is 4.79 Å². The molecule has 0 radical (unpaired) electrons. The molecule has 0 unspecified atom stereocenters. The van der Waals surface area contributed by atoms with Crippen molar-refractivity contribution in [2.75, 3.05) is 7.11 Å². The van der Waals surface area contributed by atoms with Gasteiger partial charge in [-0.15, -0.1) is 0 Å². The van der Waals surface area contributed by atoms with Crippen molar-refractivity contribution in [3.8, 4) is 5.75 Å². The van der Waals surface area contributed by atoms with Gasteiger partial charge in [-0.1, -0.05) is 19.1 Å². The molecule has 5 nitrogen and oxygen atoms in total. The molecule has 0 fully saturated rings. The molecule has 0 N–H and O–H groups in total. The zero-order chi connectivity index (χ0) is 16.2. The Hall–Kier alpha value is -2.82. The Morgan fingerprint density at radius 1 is 1.26 bits per heavy atom. The van der Waals surface area contributed by atoms with Crippen LogP contribution in [0.5, 0.6) is 5.75 Å². The molecule has 118 valence electrons. The van der Waals surface area contributed by atoms with Crippen LogP contribution in [0.25, 0.3) is 10.9 Å². The number of benzene rings is 1. The minimum absolute atomic E-state index is 0.147. The number of aromatic nitrogens is 1. The summed E-state index contributed by atoms with van der Waals surface area (Å²) < 4.78 is 16.0. The molecule has 3 aromatic rings. The van der Waals surface area contributed by atoms with Crippen LogP contribution in [0.15, 0.2) is 47.1 Å². The van der Waals surface area contributed by atoms with E-state index in [0.717, 1.165) is 28.8 Å². The standard InChI is InChI=1S/C18H17NO4/c1-3-12-10-16(13-6-4-5-7-15(13)19-12)23-11-17-14(8-9-22-17)18(20)21-2/h4-10H,3,11H2,1-2H3. The number of aryl methyl sites for hydroxylation is 1. The first-order valence-electron chi connectivity index (χ1n) is 7.39. The third kappa shape index (κ3) is 3.04. The highest BCUT2D eigenvalue weighted by Crippen LogP contribution is 2.27. The van der Waals surface area contributed by atoms with Crippen LogP contribution in [0.1, 0.15) is 28.7 Å². The predicted molar refractivity (Wildman–Crippen MR) is 85.5 cm³/mol. The van der Waals surface area contributed by atoms with E-state index >= 15 is 0 Å². The molecule has 3 rings (SSSR count). The number of fused-ring (bicyclic) bond motifs is 1. The third-order valence-corrected chi connectivity index (χ3v) is 3.60. The molecular formula is C18H17NO4. The van der Waals surface area contributed by atoms with Crippen LogP contribution in [-0.2, 0) is 17.8 Å². The lowest BCUT2D eigenvalue weighted by Gasteiger charge is -2.10. The van der Waals surface area contributed by atoms with Gasteiger partial charge in [0.05, 0.1) is 18.9 Å². The molecule has 0 bridgehead atoms. The number of methoxy groups -OCH3 is 1. The van der Waals surface area contributed by atoms with E-state index in [9.17, 15) is 4.79 Å². The molecule has 2 heterocycles. The average Bonchev–Trinajstić information content (AvgIpc) is 3.07. The molecule has 2 aromatic heterocycles. The fourth-order valence-corrected chi connectivity index (χ4v) is 2.38. The maximum absolute atomic E-state index is 11.7. The van der Waals surface area contributed by atoms with E-state index in [0.29, 0.717) is 11.3 Å². The summed E-state index contributed by atoms with van der Waals surface area (Å²) in [7, 11) is 1.34. The Kier molecular flexibility index (Phi) is 4.28. The third-order valence-electron chi connectivity index (χ3n) is 3.60. The molecule has 0 spiro atoms. The van der Waals surface area contributed by atoms with Crippen LogP contribution in [0.4, 0.5) is 0 Å². The Bertz CT molecular complexity index is 838. The average molecular weight is 311 g/mol. The van der Waals surface area contributed by atoms with Crippen LogP contribution in [-0.4, -0.2) is 18.1 Å². The van der Waals surface area contributed by atoms with Crippen molar-refractivity contribution in [2.24, 2.45) is 0 Å². The van der Waals surface area contributed by atoms with Crippen molar-refractivity contribution in [3.05, 3.63) is 59.7 Å². The number of hydrogen-bond acceptors (Lipinski definition) is 5. The highest BCUT2D eigenvalue weighted by atomic mass is 16.5. The second-order valence-corrected chi connectivity index (χ2v) is 5.02. The summed E-state index contributed by atoms with van der Waals surface area (Å²) in [6.07, 6.45) is 2.27. The second kappa shape index (κ2) is 6.52. The van der Waals surface area contributed by atoms with E-state index in [1.165, 1.54) is 13.4 Å². The Balaban J connectivity index is 1.90. The summed E-state index contributed by atoms with van der Waals surface area (Å²) >= 11 is 0. The van der Waals surface area contributed by atoms with Crippen LogP contribution in [0, 0.1) is 0 Å². The fourth-order valence-electron chi connectivity index (χ4n) is 2.38. The number of pyridine rings is 1. The minimum Gasteiger partial charge on any atom is -0.485 e. The SMILES string of the molecule is CCc1cc(OCc2occc2C(=O)OC)c2ccccc2n1. The van der Waals surface area contributed by atoms with Crippen molar-refractivity contribution in [1.29, 1.82) is 0 Å². The number of rotatable bonds is 5. The maximum atomic E-state index is 11.7. The smallest absolute Gasteiger partial charge is 0.341 e. The van der Waals surface area contributed by atoms with Gasteiger partial charge in [-0.3, -0.25) is 4.98 Å². The number of carbonyl (C=O) groups is 1. The van der Waals surface area contributed by atoms with Crippen LogP contribution in [0.2, 0.25) is 0 Å². The Morgan fingerprint density at radius 2 is 2.09 bits per heavy atom. The highest BCUT2D eigenvalue weighted by Gasteiger charge is 2.16. The van der Waals surface area contributed by atoms with Crippen LogP contribution in [0.3, 0.4) is 0 Å². The fraction of sp³-hybridized carbons (Fsp3) is 0.222. The van der Waals surface area contributed by atoms with Gasteiger partial charge < -0.3 is 13.9 Å². The molecule has 23 heavy (non-hydrogen) atoms. The van der Waals surface area contributed by atoms with E-state index in [-0.39, 0.29) is 6.61 Å². The van der Waals surface area contributed by atoms with Gasteiger partial charge in [0.2, 0.25) is 0 Å². The number of carbonyl (C=O) groups excluding carboxylic acids is 1. The lowest BCUT2D eigenvalue weighted by molar-refractivity contribution is 0.0595. The first-order valence-corrected chi connectivity index (χ1v) is 7.39. The predicted octanol–water partition coefficient (Wildman–Crippen LogP) is 3.76. The Morgan fingerprint density at radius 3 is 2.87 bits per heavy atom. The van der Waals surface area contributed by atoms with Crippen molar-refractivity contribution in [2.45, 2.75) is 20.0 Å². The minimum atomic E-state index is -0.439. The van der Waals surface area contributed by atoms with Crippen molar-refractivity contribution in [1.82, 2.24) is 4.98 Å². The van der Waals surface area contributed by atoms with E-state index < -0.39 is 5.97 Å². The summed E-state index contributed by atoms with van der Waals surface area (Å²) in [6, 6.07) is 11.3. The number of para-hydroxylation sites is 1. The molecule has 0 saturated heterocycles. The van der Waals surface area contributed by atoms with Gasteiger partial charge in [0.1, 0.15) is 17.9 Å². The lowest BCUT2D eigenvalue weighted by atomic mass is 10.1. The largest absolute Gasteiger partial charge is 0.485 e. The second-order valence-electron chi connectivity index (χ2n) is 5.02. The van der Waals surface area contributed by atoms with E-state index in [2.05, 4.69) is 4.98 Å². The quantitative estimate of drug-likeness (QED) is 0.671. The van der Waals surface area contributed by atoms with Crippen molar-refractivity contribution in [3.63, 3.8) is 0 Å². The summed E-state index contributed by atoms with van der Waals surface area (Å²) in [6.45, 7) is 2.19. The van der Waals surface area contributed by atoms with Crippen LogP contribution >= 0.6 is 0 Å². The van der Waals surface area contributed by atoms with Crippen molar-refractivity contribution >= 4 is 16.9 Å². The first-order chi connectivity index (χ1) is 11.2. The zero-order valence-electron chi connectivity index (χ0n) is 13.0. The van der Waals surface area contributed by atoms with E-state index in [1.807, 2.05) is 37.3 Å². The van der Waals surface area contributed by atoms with Crippen molar-refractivity contribution < 1.29 is 18.7 Å². The molecule has 0 amide bonds. The number of ether oxygens (including phenoxy) is 2. The molecule has 0 aliphatic rings. The topological polar surface area (TPSA) is 61.6 Å². The molecule has 5 heteroatoms. The van der Waals surface area contributed by atoms with Gasteiger partial charge in [0, 0.05) is 17.1 Å². The van der Waals surface area contributed by atoms with Gasteiger partial charge in [-0.05, 0) is 24.6 Å². The summed E-state index contributed by atoms with van der Waals surface area (Å²) in [4.78, 5) is 16.3. The molecular weight excluding hydrogens is 294 g/mol. The van der Waals surface area contributed by atoms with E-state index in [4.69, 9.17) is 13.9 Å². The Labute approximate surface area is 133 Å². The van der Waals surface area contributed by atoms with Gasteiger partial charge in [0.25, 0.3) is 0 Å². The molecule has 0 atom stereocenters. The number of furan rings is 1. The normalized spacial score (nSPS) is 10.7. The molecule has 0 saturated carbocycles. The number of esters is 1. The van der Waals surface area contributed by atoms with E-state index in [1.54, 1.807) is 6.07 Å². The zero-order valence-corrected chi connectivity index (χ0v) is 13.0. The molecule has 0 aliphatic heterocycles. The highest BCUT2D eigenvalue weighted by molar-refractivity contribution is 5.90. The van der Waals surface area contributed by atoms with Gasteiger partial charge in [-0.2, -0.15) is 0 Å². The number of nitrogens with zero attached hydrogens (tertiary/aromatic N) is 1. The number of hydrogen-bond donors (Lipinski definition) is 0. The lowest BCUT2D eigenvalue weighted by Crippen LogP contribution is -2.05. The first kappa shape index (κ1) is 15.1. The summed E-state index contributed by atoms with van der Waals surface area (Å²) in [5.74, 6) is 0.724. The van der Waals surface area contributed by atoms with Gasteiger partial charge >= 0.3 is 5.97 Å². The van der Waals surface area contributed by atoms with Crippen LogP contribution < -0.4 is 4.74 Å². The summed E-state index contributed by atoms with van der Waals surface area (Å²) in [5.41, 5.74) is 2.21. The molecule has 1 aromatic carbocycles. The monoisotopic (exact) mass is 311 g/mol. The van der Waals surface area contributed by atoms with Gasteiger partial charge in [0.15, 0.2) is 5.76 Å². The maximum Gasteiger partial charge on any atom is 0.341 e. The summed E-state index contributed by atoms with van der Waals surface area (Å²) in [5, 5.41) is 0.927.